The first kappa shape index (κ1) is 21.6. The van der Waals surface area contributed by atoms with Gasteiger partial charge < -0.3 is 0 Å². The van der Waals surface area contributed by atoms with Crippen LogP contribution >= 0.6 is 15.9 Å². The Bertz CT molecular complexity index is 1290. The highest BCUT2D eigenvalue weighted by Crippen LogP contribution is 2.28. The van der Waals surface area contributed by atoms with Crippen LogP contribution in [0.4, 0.5) is 0 Å². The van der Waals surface area contributed by atoms with E-state index in [4.69, 9.17) is 15.0 Å². The number of nitrogens with zero attached hydrogens (tertiary/aromatic N) is 3. The van der Waals surface area contributed by atoms with Gasteiger partial charge in [0.25, 0.3) is 0 Å². The molecule has 0 aliphatic carbocycles. The van der Waals surface area contributed by atoms with Gasteiger partial charge in [-0.15, -0.1) is 0 Å². The summed E-state index contributed by atoms with van der Waals surface area (Å²) in [5.74, 6) is 1.88. The molecule has 0 spiro atoms. The van der Waals surface area contributed by atoms with Crippen molar-refractivity contribution in [1.82, 2.24) is 15.0 Å². The van der Waals surface area contributed by atoms with E-state index in [1.165, 1.54) is 0 Å². The minimum Gasteiger partial charge on any atom is -0.208 e. The average molecular weight is 480 g/mol. The van der Waals surface area contributed by atoms with Gasteiger partial charge in [-0.2, -0.15) is 0 Å². The van der Waals surface area contributed by atoms with Gasteiger partial charge in [0.05, 0.1) is 0 Å². The number of halogens is 1. The van der Waals surface area contributed by atoms with Crippen molar-refractivity contribution in [2.45, 2.75) is 6.92 Å². The van der Waals surface area contributed by atoms with Crippen molar-refractivity contribution in [2.24, 2.45) is 0 Å². The van der Waals surface area contributed by atoms with Crippen LogP contribution in [0.3, 0.4) is 0 Å². The molecule has 0 fully saturated rings. The number of allylic oxidation sites excluding steroid dienone is 5. The molecule has 0 radical (unpaired) electrons. The average Bonchev–Trinajstić information content (AvgIpc) is 2.85. The molecule has 0 saturated heterocycles. The van der Waals surface area contributed by atoms with Gasteiger partial charge in [0.15, 0.2) is 17.5 Å². The van der Waals surface area contributed by atoms with Gasteiger partial charge in [0.1, 0.15) is 0 Å². The number of benzene rings is 3. The Labute approximate surface area is 197 Å². The molecule has 4 aromatic rings. The van der Waals surface area contributed by atoms with Gasteiger partial charge in [0, 0.05) is 21.2 Å². The largest absolute Gasteiger partial charge is 0.208 e. The standard InChI is InChI=1S/C28H22BrN3/c1-3-9-21(10-4-2)26-30-27(22-11-6-5-7-12-22)32-28(31-26)24-14-8-13-23(19-24)20-15-17-25(29)18-16-20/h3-19H,1H2,2H3/b10-4-,21-9+. The topological polar surface area (TPSA) is 38.7 Å². The molecule has 0 saturated carbocycles. The predicted octanol–water partition coefficient (Wildman–Crippen LogP) is 7.78. The zero-order chi connectivity index (χ0) is 22.3. The summed E-state index contributed by atoms with van der Waals surface area (Å²) in [4.78, 5) is 14.4. The summed E-state index contributed by atoms with van der Waals surface area (Å²) < 4.78 is 1.05. The lowest BCUT2D eigenvalue weighted by Crippen LogP contribution is -2.02. The zero-order valence-electron chi connectivity index (χ0n) is 17.7. The number of rotatable bonds is 6. The van der Waals surface area contributed by atoms with Crippen LogP contribution in [-0.2, 0) is 0 Å². The van der Waals surface area contributed by atoms with Crippen molar-refractivity contribution in [3.63, 3.8) is 0 Å². The molecule has 0 unspecified atom stereocenters. The fourth-order valence-corrected chi connectivity index (χ4v) is 3.61. The third-order valence-electron chi connectivity index (χ3n) is 4.87. The Morgan fingerprint density at radius 3 is 2.09 bits per heavy atom. The summed E-state index contributed by atoms with van der Waals surface area (Å²) in [6.07, 6.45) is 7.60. The molecular formula is C28H22BrN3. The van der Waals surface area contributed by atoms with E-state index in [-0.39, 0.29) is 0 Å². The van der Waals surface area contributed by atoms with E-state index >= 15 is 0 Å². The molecule has 1 heterocycles. The molecule has 32 heavy (non-hydrogen) atoms. The second kappa shape index (κ2) is 10.1. The van der Waals surface area contributed by atoms with E-state index in [0.29, 0.717) is 17.5 Å². The lowest BCUT2D eigenvalue weighted by atomic mass is 10.0. The van der Waals surface area contributed by atoms with Crippen molar-refractivity contribution in [3.05, 3.63) is 120 Å². The minimum absolute atomic E-state index is 0.612. The summed E-state index contributed by atoms with van der Waals surface area (Å²) in [5, 5.41) is 0. The lowest BCUT2D eigenvalue weighted by Gasteiger charge is -2.10. The number of hydrogen-bond acceptors (Lipinski definition) is 3. The summed E-state index contributed by atoms with van der Waals surface area (Å²) in [5.41, 5.74) is 5.00. The smallest absolute Gasteiger partial charge is 0.164 e. The highest BCUT2D eigenvalue weighted by Gasteiger charge is 2.13. The van der Waals surface area contributed by atoms with Crippen molar-refractivity contribution in [1.29, 1.82) is 0 Å². The van der Waals surface area contributed by atoms with Crippen LogP contribution in [0.15, 0.2) is 114 Å². The first-order valence-electron chi connectivity index (χ1n) is 10.3. The van der Waals surface area contributed by atoms with E-state index in [2.05, 4.69) is 46.8 Å². The maximum absolute atomic E-state index is 4.82. The number of hydrogen-bond donors (Lipinski definition) is 0. The van der Waals surface area contributed by atoms with Crippen LogP contribution in [0.1, 0.15) is 12.7 Å². The van der Waals surface area contributed by atoms with Gasteiger partial charge in [-0.05, 0) is 36.2 Å². The summed E-state index contributed by atoms with van der Waals surface area (Å²) in [7, 11) is 0. The number of aromatic nitrogens is 3. The van der Waals surface area contributed by atoms with E-state index in [1.807, 2.05) is 79.7 Å². The van der Waals surface area contributed by atoms with Gasteiger partial charge in [-0.25, -0.2) is 15.0 Å². The second-order valence-electron chi connectivity index (χ2n) is 7.12. The third-order valence-corrected chi connectivity index (χ3v) is 5.40. The van der Waals surface area contributed by atoms with Gasteiger partial charge >= 0.3 is 0 Å². The highest BCUT2D eigenvalue weighted by atomic mass is 79.9. The molecule has 1 aromatic heterocycles. The maximum atomic E-state index is 4.82. The van der Waals surface area contributed by atoms with E-state index in [0.717, 1.165) is 32.3 Å². The molecule has 156 valence electrons. The van der Waals surface area contributed by atoms with Crippen LogP contribution in [-0.4, -0.2) is 15.0 Å². The van der Waals surface area contributed by atoms with Crippen LogP contribution in [0.2, 0.25) is 0 Å². The highest BCUT2D eigenvalue weighted by molar-refractivity contribution is 9.10. The Hall–Kier alpha value is -3.63. The first-order valence-corrected chi connectivity index (χ1v) is 11.1. The van der Waals surface area contributed by atoms with Crippen LogP contribution in [0, 0.1) is 0 Å². The first-order chi connectivity index (χ1) is 15.7. The third kappa shape index (κ3) is 4.98. The van der Waals surface area contributed by atoms with Crippen LogP contribution < -0.4 is 0 Å². The molecule has 0 aliphatic rings. The van der Waals surface area contributed by atoms with Crippen molar-refractivity contribution in [2.75, 3.05) is 0 Å². The molecule has 3 aromatic carbocycles. The molecule has 0 aliphatic heterocycles. The van der Waals surface area contributed by atoms with Crippen molar-refractivity contribution in [3.8, 4) is 33.9 Å². The van der Waals surface area contributed by atoms with Gasteiger partial charge in [-0.3, -0.25) is 0 Å². The normalized spacial score (nSPS) is 11.6. The zero-order valence-corrected chi connectivity index (χ0v) is 19.3. The summed E-state index contributed by atoms with van der Waals surface area (Å²) in [6.45, 7) is 5.81. The molecule has 4 rings (SSSR count). The molecular weight excluding hydrogens is 458 g/mol. The summed E-state index contributed by atoms with van der Waals surface area (Å²) in [6, 6.07) is 26.5. The van der Waals surface area contributed by atoms with Crippen molar-refractivity contribution >= 4 is 21.5 Å². The predicted molar refractivity (Wildman–Crippen MR) is 137 cm³/mol. The van der Waals surface area contributed by atoms with Crippen molar-refractivity contribution < 1.29 is 0 Å². The Morgan fingerprint density at radius 1 is 0.750 bits per heavy atom. The molecule has 0 N–H and O–H groups in total. The van der Waals surface area contributed by atoms with E-state index in [9.17, 15) is 0 Å². The fourth-order valence-electron chi connectivity index (χ4n) is 3.34. The SMILES string of the molecule is C=C/C=C(\C=C/C)c1nc(-c2ccccc2)nc(-c2cccc(-c3ccc(Br)cc3)c2)n1. The van der Waals surface area contributed by atoms with Gasteiger partial charge in [0.2, 0.25) is 0 Å². The van der Waals surface area contributed by atoms with Crippen LogP contribution in [0.5, 0.6) is 0 Å². The molecule has 0 atom stereocenters. The Balaban J connectivity index is 1.87. The summed E-state index contributed by atoms with van der Waals surface area (Å²) >= 11 is 3.50. The van der Waals surface area contributed by atoms with E-state index in [1.54, 1.807) is 6.08 Å². The molecule has 0 bridgehead atoms. The Morgan fingerprint density at radius 2 is 1.41 bits per heavy atom. The quantitative estimate of drug-likeness (QED) is 0.265. The molecule has 3 nitrogen and oxygen atoms in total. The lowest BCUT2D eigenvalue weighted by molar-refractivity contribution is 1.04. The van der Waals surface area contributed by atoms with Gasteiger partial charge in [-0.1, -0.05) is 107 Å². The van der Waals surface area contributed by atoms with Crippen LogP contribution in [0.25, 0.3) is 39.5 Å². The fraction of sp³-hybridized carbons (Fsp3) is 0.0357. The Kier molecular flexibility index (Phi) is 6.83. The molecule has 4 heteroatoms. The maximum Gasteiger partial charge on any atom is 0.164 e. The van der Waals surface area contributed by atoms with E-state index < -0.39 is 0 Å². The second-order valence-corrected chi connectivity index (χ2v) is 8.03. The minimum atomic E-state index is 0.612. The monoisotopic (exact) mass is 479 g/mol. The molecule has 0 amide bonds.